The number of hydrogen-bond acceptors (Lipinski definition) is 10. The summed E-state index contributed by atoms with van der Waals surface area (Å²) in [6, 6.07) is 12.4. The minimum Gasteiger partial charge on any atom is -0.449 e. The molecule has 4 N–H and O–H groups in total. The first-order chi connectivity index (χ1) is 21.1. The Hall–Kier alpha value is -3.35. The van der Waals surface area contributed by atoms with E-state index in [-0.39, 0.29) is 25.6 Å². The van der Waals surface area contributed by atoms with Crippen LogP contribution in [0.5, 0.6) is 0 Å². The van der Waals surface area contributed by atoms with Gasteiger partial charge in [0.25, 0.3) is 0 Å². The third-order valence-electron chi connectivity index (χ3n) is 6.98. The molecule has 2 amide bonds. The van der Waals surface area contributed by atoms with Crippen LogP contribution in [-0.2, 0) is 16.1 Å². The molecule has 0 saturated heterocycles. The summed E-state index contributed by atoms with van der Waals surface area (Å²) >= 11 is 0. The van der Waals surface area contributed by atoms with Crippen LogP contribution in [0, 0.1) is 6.92 Å². The SMILES string of the molecule is CCCC(C)SSC(CCOC(=O)NCCNc1cccc2c(N(C)C)cccc12)=C(C)N(C=O)Cc1cnc(C)nc1N.Cl. The molecule has 1 unspecified atom stereocenters. The van der Waals surface area contributed by atoms with E-state index in [9.17, 15) is 9.59 Å². The fourth-order valence-electron chi connectivity index (χ4n) is 4.58. The Morgan fingerprint density at radius 3 is 2.58 bits per heavy atom. The van der Waals surface area contributed by atoms with Gasteiger partial charge >= 0.3 is 6.09 Å². The number of hydrogen-bond donors (Lipinski definition) is 3. The van der Waals surface area contributed by atoms with Crippen LogP contribution in [0.3, 0.4) is 0 Å². The Morgan fingerprint density at radius 2 is 1.89 bits per heavy atom. The number of nitrogens with two attached hydrogens (primary N) is 1. The molecule has 1 aromatic heterocycles. The zero-order chi connectivity index (χ0) is 32.1. The molecule has 0 radical (unpaired) electrons. The van der Waals surface area contributed by atoms with E-state index in [2.05, 4.69) is 57.5 Å². The Morgan fingerprint density at radius 1 is 1.16 bits per heavy atom. The first kappa shape index (κ1) is 37.8. The Balaban J connectivity index is 0.00000705. The summed E-state index contributed by atoms with van der Waals surface area (Å²) in [6.07, 6.45) is 4.60. The maximum Gasteiger partial charge on any atom is 0.407 e. The number of amides is 2. The monoisotopic (exact) mass is 675 g/mol. The average Bonchev–Trinajstić information content (AvgIpc) is 3.00. The number of nitrogens with zero attached hydrogens (tertiary/aromatic N) is 4. The standard InChI is InChI=1S/C32H45N7O3S2.ClH/c1-7-10-22(2)43-44-30(23(3)39(21-40)20-25-19-36-24(4)37-31(25)33)15-18-42-32(41)35-17-16-34-28-13-8-12-27-26(28)11-9-14-29(27)38(5)6;/h8-9,11-14,19,21-22,34H,7,10,15-18,20H2,1-6H3,(H,35,41)(H2,33,36,37);1H. The van der Waals surface area contributed by atoms with Crippen molar-refractivity contribution in [2.45, 2.75) is 58.8 Å². The summed E-state index contributed by atoms with van der Waals surface area (Å²) in [6.45, 7) is 9.40. The minimum absolute atomic E-state index is 0. The van der Waals surface area contributed by atoms with Gasteiger partial charge in [0.1, 0.15) is 11.6 Å². The number of alkyl carbamates (subject to hydrolysis) is 1. The number of rotatable bonds is 17. The highest BCUT2D eigenvalue weighted by molar-refractivity contribution is 8.78. The number of fused-ring (bicyclic) bond motifs is 1. The quantitative estimate of drug-likeness (QED) is 0.0782. The van der Waals surface area contributed by atoms with Crippen LogP contribution in [0.1, 0.15) is 51.4 Å². The largest absolute Gasteiger partial charge is 0.449 e. The van der Waals surface area contributed by atoms with Gasteiger partial charge in [0.15, 0.2) is 0 Å². The Kier molecular flexibility index (Phi) is 16.2. The molecule has 45 heavy (non-hydrogen) atoms. The zero-order valence-electron chi connectivity index (χ0n) is 27.0. The first-order valence-corrected chi connectivity index (χ1v) is 17.0. The van der Waals surface area contributed by atoms with E-state index in [4.69, 9.17) is 10.5 Å². The van der Waals surface area contributed by atoms with Gasteiger partial charge in [-0.15, -0.1) is 12.4 Å². The van der Waals surface area contributed by atoms with Crippen LogP contribution < -0.4 is 21.3 Å². The number of nitrogens with one attached hydrogen (secondary N) is 2. The van der Waals surface area contributed by atoms with Crippen molar-refractivity contribution in [3.05, 3.63) is 64.6 Å². The first-order valence-electron chi connectivity index (χ1n) is 14.8. The fraction of sp³-hybridized carbons (Fsp3) is 0.438. The number of anilines is 3. The summed E-state index contributed by atoms with van der Waals surface area (Å²) in [5.74, 6) is 0.928. The topological polar surface area (TPSA) is 126 Å². The van der Waals surface area contributed by atoms with Gasteiger partial charge in [-0.1, -0.05) is 66.1 Å². The third-order valence-corrected chi connectivity index (χ3v) is 10.2. The number of aryl methyl sites for hydroxylation is 1. The number of aromatic nitrogens is 2. The van der Waals surface area contributed by atoms with Crippen LogP contribution >= 0.6 is 34.0 Å². The van der Waals surface area contributed by atoms with Crippen molar-refractivity contribution in [1.29, 1.82) is 0 Å². The number of allylic oxidation sites excluding steroid dienone is 1. The lowest BCUT2D eigenvalue weighted by Crippen LogP contribution is -2.29. The minimum atomic E-state index is -0.481. The second kappa shape index (κ2) is 19.2. The van der Waals surface area contributed by atoms with E-state index in [1.807, 2.05) is 39.2 Å². The van der Waals surface area contributed by atoms with Crippen LogP contribution in [0.25, 0.3) is 10.8 Å². The van der Waals surface area contributed by atoms with Gasteiger partial charge in [-0.25, -0.2) is 14.8 Å². The number of ether oxygens (including phenoxy) is 1. The molecule has 0 aliphatic rings. The van der Waals surface area contributed by atoms with E-state index < -0.39 is 6.09 Å². The molecule has 13 heteroatoms. The molecule has 10 nitrogen and oxygen atoms in total. The van der Waals surface area contributed by atoms with Crippen molar-refractivity contribution in [3.8, 4) is 0 Å². The highest BCUT2D eigenvalue weighted by Crippen LogP contribution is 2.39. The highest BCUT2D eigenvalue weighted by atomic mass is 35.5. The van der Waals surface area contributed by atoms with Gasteiger partial charge in [0.2, 0.25) is 6.41 Å². The van der Waals surface area contributed by atoms with Crippen molar-refractivity contribution >= 4 is 74.5 Å². The molecule has 0 fully saturated rings. The Labute approximate surface area is 281 Å². The molecular formula is C32H46ClN7O3S2. The average molecular weight is 676 g/mol. The summed E-state index contributed by atoms with van der Waals surface area (Å²) in [7, 11) is 7.44. The lowest BCUT2D eigenvalue weighted by Gasteiger charge is -2.23. The maximum atomic E-state index is 12.5. The number of nitrogen functional groups attached to an aromatic ring is 1. The maximum absolute atomic E-state index is 12.5. The molecule has 1 atom stereocenters. The molecule has 3 aromatic rings. The van der Waals surface area contributed by atoms with E-state index in [1.165, 1.54) is 0 Å². The lowest BCUT2D eigenvalue weighted by molar-refractivity contribution is -0.116. The highest BCUT2D eigenvalue weighted by Gasteiger charge is 2.16. The molecule has 0 bridgehead atoms. The van der Waals surface area contributed by atoms with E-state index in [1.54, 1.807) is 39.6 Å². The second-order valence-electron chi connectivity index (χ2n) is 10.7. The predicted octanol–water partition coefficient (Wildman–Crippen LogP) is 7.00. The van der Waals surface area contributed by atoms with E-state index in [0.29, 0.717) is 42.0 Å². The fourth-order valence-corrected chi connectivity index (χ4v) is 7.34. The molecule has 0 aliphatic heterocycles. The van der Waals surface area contributed by atoms with Gasteiger partial charge < -0.3 is 30.9 Å². The van der Waals surface area contributed by atoms with Crippen molar-refractivity contribution < 1.29 is 14.3 Å². The van der Waals surface area contributed by atoms with Crippen LogP contribution in [0.2, 0.25) is 0 Å². The number of benzene rings is 2. The van der Waals surface area contributed by atoms with Crippen molar-refractivity contribution in [2.75, 3.05) is 49.7 Å². The predicted molar refractivity (Wildman–Crippen MR) is 193 cm³/mol. The van der Waals surface area contributed by atoms with Crippen molar-refractivity contribution in [1.82, 2.24) is 20.2 Å². The van der Waals surface area contributed by atoms with Crippen LogP contribution in [0.15, 0.2) is 53.2 Å². The molecule has 0 spiro atoms. The number of carbonyl (C=O) groups excluding carboxylic acids is 2. The molecule has 246 valence electrons. The van der Waals surface area contributed by atoms with Crippen LogP contribution in [-0.4, -0.2) is 66.4 Å². The van der Waals surface area contributed by atoms with Crippen molar-refractivity contribution in [2.24, 2.45) is 0 Å². The molecule has 3 rings (SSSR count). The summed E-state index contributed by atoms with van der Waals surface area (Å²) in [5, 5.41) is 8.97. The summed E-state index contributed by atoms with van der Waals surface area (Å²) < 4.78 is 5.52. The van der Waals surface area contributed by atoms with Gasteiger partial charge in [-0.3, -0.25) is 4.79 Å². The second-order valence-corrected chi connectivity index (χ2v) is 13.4. The van der Waals surface area contributed by atoms with Gasteiger partial charge in [-0.05, 0) is 32.4 Å². The molecule has 2 aromatic carbocycles. The van der Waals surface area contributed by atoms with E-state index in [0.717, 1.165) is 52.0 Å². The van der Waals surface area contributed by atoms with Gasteiger partial charge in [0, 0.05) is 83.4 Å². The molecule has 1 heterocycles. The Bertz CT molecular complexity index is 1440. The summed E-state index contributed by atoms with van der Waals surface area (Å²) in [4.78, 5) is 37.7. The third kappa shape index (κ3) is 11.5. The normalized spacial score (nSPS) is 12.0. The lowest BCUT2D eigenvalue weighted by atomic mass is 10.1. The van der Waals surface area contributed by atoms with E-state index >= 15 is 0 Å². The number of carbonyl (C=O) groups is 2. The molecule has 0 aliphatic carbocycles. The number of halogens is 1. The zero-order valence-corrected chi connectivity index (χ0v) is 29.4. The molecular weight excluding hydrogens is 630 g/mol. The van der Waals surface area contributed by atoms with Crippen molar-refractivity contribution in [3.63, 3.8) is 0 Å². The van der Waals surface area contributed by atoms with Crippen LogP contribution in [0.4, 0.5) is 22.0 Å². The van der Waals surface area contributed by atoms with Gasteiger partial charge in [-0.2, -0.15) is 0 Å². The smallest absolute Gasteiger partial charge is 0.407 e. The van der Waals surface area contributed by atoms with Gasteiger partial charge in [0.05, 0.1) is 13.2 Å². The summed E-state index contributed by atoms with van der Waals surface area (Å²) in [5.41, 5.74) is 9.69. The molecule has 0 saturated carbocycles.